The number of hydrogen-bond acceptors (Lipinski definition) is 5. The summed E-state index contributed by atoms with van der Waals surface area (Å²) in [6, 6.07) is 6.56. The minimum absolute atomic E-state index is 0.0224. The van der Waals surface area contributed by atoms with Crippen molar-refractivity contribution >= 4 is 17.5 Å². The first-order valence-electron chi connectivity index (χ1n) is 6.82. The molecule has 0 spiro atoms. The first-order valence-corrected chi connectivity index (χ1v) is 7.20. The number of benzene rings is 1. The summed E-state index contributed by atoms with van der Waals surface area (Å²) in [6.45, 7) is 0.750. The van der Waals surface area contributed by atoms with Gasteiger partial charge >= 0.3 is 0 Å². The van der Waals surface area contributed by atoms with E-state index in [-0.39, 0.29) is 18.6 Å². The Hall–Kier alpha value is -1.96. The standard InChI is InChI=1S/C14H15ClN4O3/c15-10-3-1-9(2-4-10)13(21)14(22)18-6-12(7-18)19-5-11(8-20)16-17-19/h1-5,12-13,20-21H,6-8H2/t13-/m1/s1. The van der Waals surface area contributed by atoms with Crippen LogP contribution in [-0.4, -0.2) is 49.1 Å². The second kappa shape index (κ2) is 6.04. The van der Waals surface area contributed by atoms with Gasteiger partial charge in [0.05, 0.1) is 18.8 Å². The van der Waals surface area contributed by atoms with Crippen LogP contribution in [0.3, 0.4) is 0 Å². The van der Waals surface area contributed by atoms with Gasteiger partial charge in [0.1, 0.15) is 5.69 Å². The number of likely N-dealkylation sites (tertiary alicyclic amines) is 1. The van der Waals surface area contributed by atoms with E-state index < -0.39 is 6.10 Å². The lowest BCUT2D eigenvalue weighted by Gasteiger charge is -2.39. The number of carbonyl (C=O) groups excluding carboxylic acids is 1. The van der Waals surface area contributed by atoms with Crippen molar-refractivity contribution in [1.82, 2.24) is 19.9 Å². The number of hydrogen-bond donors (Lipinski definition) is 2. The molecule has 8 heteroatoms. The lowest BCUT2D eigenvalue weighted by Crippen LogP contribution is -2.52. The average molecular weight is 323 g/mol. The zero-order valence-corrected chi connectivity index (χ0v) is 12.4. The van der Waals surface area contributed by atoms with Gasteiger partial charge in [-0.15, -0.1) is 5.10 Å². The number of amides is 1. The van der Waals surface area contributed by atoms with Crippen molar-refractivity contribution in [3.05, 3.63) is 46.7 Å². The molecule has 1 amide bonds. The Morgan fingerprint density at radius 1 is 1.36 bits per heavy atom. The number of aliphatic hydroxyl groups is 2. The van der Waals surface area contributed by atoms with E-state index in [2.05, 4.69) is 10.3 Å². The highest BCUT2D eigenvalue weighted by Gasteiger charge is 2.36. The third-order valence-electron chi connectivity index (χ3n) is 3.69. The highest BCUT2D eigenvalue weighted by atomic mass is 35.5. The Bertz CT molecular complexity index is 667. The molecule has 1 aromatic carbocycles. The lowest BCUT2D eigenvalue weighted by molar-refractivity contribution is -0.146. The molecule has 0 bridgehead atoms. The molecule has 1 fully saturated rings. The van der Waals surface area contributed by atoms with Crippen molar-refractivity contribution in [2.24, 2.45) is 0 Å². The first-order chi connectivity index (χ1) is 10.6. The number of halogens is 1. The number of aromatic nitrogens is 3. The van der Waals surface area contributed by atoms with Gasteiger partial charge in [0.15, 0.2) is 6.10 Å². The van der Waals surface area contributed by atoms with E-state index in [1.165, 1.54) is 0 Å². The summed E-state index contributed by atoms with van der Waals surface area (Å²) in [5, 5.41) is 27.3. The molecule has 2 heterocycles. The third-order valence-corrected chi connectivity index (χ3v) is 3.94. The highest BCUT2D eigenvalue weighted by Crippen LogP contribution is 2.25. The summed E-state index contributed by atoms with van der Waals surface area (Å²) >= 11 is 5.79. The van der Waals surface area contributed by atoms with E-state index in [0.717, 1.165) is 0 Å². The van der Waals surface area contributed by atoms with Gasteiger partial charge in [0.2, 0.25) is 0 Å². The summed E-state index contributed by atoms with van der Waals surface area (Å²) in [4.78, 5) is 13.8. The predicted molar refractivity (Wildman–Crippen MR) is 78.0 cm³/mol. The predicted octanol–water partition coefficient (Wildman–Crippen LogP) is 0.541. The summed E-state index contributed by atoms with van der Waals surface area (Å²) in [6.07, 6.45) is 0.462. The minimum Gasteiger partial charge on any atom is -0.390 e. The molecule has 116 valence electrons. The molecule has 2 N–H and O–H groups in total. The second-order valence-corrected chi connectivity index (χ2v) is 5.64. The maximum absolute atomic E-state index is 12.2. The Balaban J connectivity index is 1.59. The van der Waals surface area contributed by atoms with Crippen LogP contribution in [0, 0.1) is 0 Å². The van der Waals surface area contributed by atoms with Crippen LogP contribution in [0.25, 0.3) is 0 Å². The van der Waals surface area contributed by atoms with Crippen LogP contribution in [0.5, 0.6) is 0 Å². The number of rotatable bonds is 4. The first kappa shape index (κ1) is 15.0. The van der Waals surface area contributed by atoms with Crippen LogP contribution in [0.15, 0.2) is 30.5 Å². The zero-order valence-electron chi connectivity index (χ0n) is 11.6. The fourth-order valence-corrected chi connectivity index (χ4v) is 2.45. The number of carbonyl (C=O) groups is 1. The maximum atomic E-state index is 12.2. The molecule has 7 nitrogen and oxygen atoms in total. The molecule has 1 saturated heterocycles. The Morgan fingerprint density at radius 3 is 2.64 bits per heavy atom. The molecule has 0 radical (unpaired) electrons. The number of aliphatic hydroxyl groups excluding tert-OH is 2. The van der Waals surface area contributed by atoms with Crippen LogP contribution < -0.4 is 0 Å². The third kappa shape index (κ3) is 2.83. The molecule has 0 saturated carbocycles. The SMILES string of the molecule is O=C([C@H](O)c1ccc(Cl)cc1)N1CC(n2cc(CO)nn2)C1. The Labute approximate surface area is 131 Å². The molecule has 0 aliphatic carbocycles. The molecule has 1 aliphatic rings. The highest BCUT2D eigenvalue weighted by molar-refractivity contribution is 6.30. The molecule has 1 aromatic heterocycles. The molecule has 22 heavy (non-hydrogen) atoms. The van der Waals surface area contributed by atoms with E-state index in [1.807, 2.05) is 0 Å². The normalized spacial score (nSPS) is 16.4. The van der Waals surface area contributed by atoms with Crippen LogP contribution in [0.4, 0.5) is 0 Å². The van der Waals surface area contributed by atoms with Crippen molar-refractivity contribution in [1.29, 1.82) is 0 Å². The van der Waals surface area contributed by atoms with Gasteiger partial charge in [-0.3, -0.25) is 4.79 Å². The molecule has 2 aromatic rings. The van der Waals surface area contributed by atoms with Crippen LogP contribution >= 0.6 is 11.6 Å². The van der Waals surface area contributed by atoms with E-state index in [0.29, 0.717) is 29.4 Å². The topological polar surface area (TPSA) is 91.5 Å². The fourth-order valence-electron chi connectivity index (χ4n) is 2.33. The Morgan fingerprint density at radius 2 is 2.05 bits per heavy atom. The molecular formula is C14H15ClN4O3. The molecule has 1 atom stereocenters. The minimum atomic E-state index is -1.19. The molecule has 0 unspecified atom stereocenters. The maximum Gasteiger partial charge on any atom is 0.256 e. The lowest BCUT2D eigenvalue weighted by atomic mass is 10.0. The smallest absolute Gasteiger partial charge is 0.256 e. The van der Waals surface area contributed by atoms with E-state index in [9.17, 15) is 9.90 Å². The fraction of sp³-hybridized carbons (Fsp3) is 0.357. The van der Waals surface area contributed by atoms with Crippen LogP contribution in [0.1, 0.15) is 23.4 Å². The summed E-state index contributed by atoms with van der Waals surface area (Å²) in [7, 11) is 0. The van der Waals surface area contributed by atoms with Crippen molar-refractivity contribution in [2.75, 3.05) is 13.1 Å². The van der Waals surface area contributed by atoms with E-state index in [4.69, 9.17) is 16.7 Å². The van der Waals surface area contributed by atoms with Crippen molar-refractivity contribution in [3.63, 3.8) is 0 Å². The van der Waals surface area contributed by atoms with Gasteiger partial charge < -0.3 is 15.1 Å². The van der Waals surface area contributed by atoms with Crippen molar-refractivity contribution in [2.45, 2.75) is 18.8 Å². The summed E-state index contributed by atoms with van der Waals surface area (Å²) < 4.78 is 1.63. The second-order valence-electron chi connectivity index (χ2n) is 5.20. The van der Waals surface area contributed by atoms with E-state index >= 15 is 0 Å². The van der Waals surface area contributed by atoms with E-state index in [1.54, 1.807) is 40.0 Å². The summed E-state index contributed by atoms with van der Waals surface area (Å²) in [5.74, 6) is -0.346. The molecule has 3 rings (SSSR count). The average Bonchev–Trinajstić information content (AvgIpc) is 2.94. The van der Waals surface area contributed by atoms with Gasteiger partial charge in [-0.2, -0.15) is 0 Å². The van der Waals surface area contributed by atoms with Gasteiger partial charge in [0.25, 0.3) is 5.91 Å². The van der Waals surface area contributed by atoms with Gasteiger partial charge in [-0.05, 0) is 17.7 Å². The van der Waals surface area contributed by atoms with Gasteiger partial charge in [-0.1, -0.05) is 28.9 Å². The van der Waals surface area contributed by atoms with Gasteiger partial charge in [0, 0.05) is 18.1 Å². The molecular weight excluding hydrogens is 308 g/mol. The number of nitrogens with zero attached hydrogens (tertiary/aromatic N) is 4. The quantitative estimate of drug-likeness (QED) is 0.857. The van der Waals surface area contributed by atoms with Crippen LogP contribution in [-0.2, 0) is 11.4 Å². The van der Waals surface area contributed by atoms with Crippen molar-refractivity contribution < 1.29 is 15.0 Å². The zero-order chi connectivity index (χ0) is 15.7. The van der Waals surface area contributed by atoms with Crippen molar-refractivity contribution in [3.8, 4) is 0 Å². The van der Waals surface area contributed by atoms with Crippen LogP contribution in [0.2, 0.25) is 5.02 Å². The molecule has 1 aliphatic heterocycles. The summed E-state index contributed by atoms with van der Waals surface area (Å²) in [5.41, 5.74) is 1.01. The largest absolute Gasteiger partial charge is 0.390 e. The Kier molecular flexibility index (Phi) is 4.10. The monoisotopic (exact) mass is 322 g/mol. The van der Waals surface area contributed by atoms with Gasteiger partial charge in [-0.25, -0.2) is 4.68 Å².